The summed E-state index contributed by atoms with van der Waals surface area (Å²) in [5, 5.41) is 11.7. The minimum absolute atomic E-state index is 0.109. The number of benzene rings is 2. The molecule has 0 atom stereocenters. The molecule has 44 heavy (non-hydrogen) atoms. The van der Waals surface area contributed by atoms with E-state index in [2.05, 4.69) is 20.4 Å². The lowest BCUT2D eigenvalue weighted by Gasteiger charge is -2.28. The van der Waals surface area contributed by atoms with Crippen LogP contribution in [0.4, 0.5) is 19.0 Å². The Morgan fingerprint density at radius 1 is 0.818 bits per heavy atom. The van der Waals surface area contributed by atoms with Crippen molar-refractivity contribution in [3.05, 3.63) is 120 Å². The quantitative estimate of drug-likeness (QED) is 0.302. The molecule has 1 aliphatic heterocycles. The van der Waals surface area contributed by atoms with Crippen LogP contribution in [0.15, 0.2) is 85.2 Å². The molecule has 0 aliphatic carbocycles. The van der Waals surface area contributed by atoms with Gasteiger partial charge in [-0.05, 0) is 66.7 Å². The summed E-state index contributed by atoms with van der Waals surface area (Å²) < 4.78 is 46.0. The Bertz CT molecular complexity index is 2060. The number of carbonyl (C=O) groups excluding carboxylic acids is 2. The molecule has 0 radical (unpaired) electrons. The van der Waals surface area contributed by atoms with Crippen molar-refractivity contribution in [1.29, 1.82) is 0 Å². The van der Waals surface area contributed by atoms with Crippen LogP contribution in [-0.4, -0.2) is 52.6 Å². The van der Waals surface area contributed by atoms with E-state index in [4.69, 9.17) is 5.10 Å². The molecule has 0 fully saturated rings. The van der Waals surface area contributed by atoms with Crippen molar-refractivity contribution in [2.24, 2.45) is 0 Å². The van der Waals surface area contributed by atoms with Gasteiger partial charge in [-0.25, -0.2) is 13.8 Å². The second-order valence-corrected chi connectivity index (χ2v) is 10.1. The Morgan fingerprint density at radius 3 is 2.39 bits per heavy atom. The van der Waals surface area contributed by atoms with Crippen molar-refractivity contribution in [3.63, 3.8) is 0 Å². The highest BCUT2D eigenvalue weighted by molar-refractivity contribution is 6.03. The van der Waals surface area contributed by atoms with Crippen molar-refractivity contribution >= 4 is 23.3 Å². The van der Waals surface area contributed by atoms with Gasteiger partial charge < -0.3 is 10.2 Å². The van der Waals surface area contributed by atoms with E-state index in [1.807, 2.05) is 0 Å². The Hall–Kier alpha value is -5.85. The summed E-state index contributed by atoms with van der Waals surface area (Å²) in [7, 11) is 0. The lowest BCUT2D eigenvalue weighted by molar-refractivity contribution is 0.0706. The first kappa shape index (κ1) is 27.0. The van der Waals surface area contributed by atoms with Gasteiger partial charge in [-0.2, -0.15) is 19.1 Å². The van der Waals surface area contributed by atoms with Crippen LogP contribution in [0.1, 0.15) is 26.4 Å². The predicted molar refractivity (Wildman–Crippen MR) is 153 cm³/mol. The fourth-order valence-corrected chi connectivity index (χ4v) is 5.18. The Kier molecular flexibility index (Phi) is 6.61. The Balaban J connectivity index is 1.30. The van der Waals surface area contributed by atoms with Gasteiger partial charge in [0.1, 0.15) is 17.3 Å². The summed E-state index contributed by atoms with van der Waals surface area (Å²) in [6, 6.07) is 17.4. The van der Waals surface area contributed by atoms with Gasteiger partial charge >= 0.3 is 0 Å². The van der Waals surface area contributed by atoms with Crippen LogP contribution in [-0.2, 0) is 13.1 Å². The first-order valence-electron chi connectivity index (χ1n) is 13.5. The van der Waals surface area contributed by atoms with Crippen LogP contribution in [0.25, 0.3) is 28.2 Å². The number of amides is 2. The maximum absolute atomic E-state index is 15.6. The summed E-state index contributed by atoms with van der Waals surface area (Å²) in [6.45, 7) is 0.755. The number of anilines is 1. The number of carbonyl (C=O) groups is 2. The van der Waals surface area contributed by atoms with Crippen molar-refractivity contribution in [3.8, 4) is 22.5 Å². The number of aromatic nitrogens is 6. The van der Waals surface area contributed by atoms with E-state index in [9.17, 15) is 18.4 Å². The molecule has 2 aromatic carbocycles. The highest BCUT2D eigenvalue weighted by Gasteiger charge is 2.30. The number of pyridine rings is 1. The Morgan fingerprint density at radius 2 is 1.61 bits per heavy atom. The number of rotatable bonds is 5. The van der Waals surface area contributed by atoms with E-state index in [0.717, 1.165) is 4.52 Å². The molecule has 0 unspecified atom stereocenters. The van der Waals surface area contributed by atoms with Crippen LogP contribution in [0.5, 0.6) is 0 Å². The molecule has 0 saturated heterocycles. The summed E-state index contributed by atoms with van der Waals surface area (Å²) in [6.07, 6.45) is 2.89. The lowest BCUT2D eigenvalue weighted by atomic mass is 10.0. The van der Waals surface area contributed by atoms with E-state index < -0.39 is 23.5 Å². The van der Waals surface area contributed by atoms with Crippen molar-refractivity contribution in [1.82, 2.24) is 34.3 Å². The summed E-state index contributed by atoms with van der Waals surface area (Å²) in [4.78, 5) is 35.6. The predicted octanol–water partition coefficient (Wildman–Crippen LogP) is 4.98. The zero-order valence-electron chi connectivity index (χ0n) is 22.8. The Labute approximate surface area is 247 Å². The molecular weight excluding hydrogens is 573 g/mol. The molecular formula is C31H21F3N8O2. The largest absolute Gasteiger partial charge is 0.331 e. The molecule has 10 nitrogen and oxygen atoms in total. The molecule has 0 spiro atoms. The lowest BCUT2D eigenvalue weighted by Crippen LogP contribution is -2.38. The van der Waals surface area contributed by atoms with E-state index in [-0.39, 0.29) is 35.0 Å². The van der Waals surface area contributed by atoms with Gasteiger partial charge in [-0.15, -0.1) is 0 Å². The average molecular weight is 595 g/mol. The number of nitrogens with zero attached hydrogens (tertiary/aromatic N) is 7. The third-order valence-electron chi connectivity index (χ3n) is 7.31. The molecule has 6 aromatic rings. The summed E-state index contributed by atoms with van der Waals surface area (Å²) in [5.41, 5.74) is 3.09. The minimum atomic E-state index is -0.892. The standard InChI is InChI=1S/C31H21F3N8O2/c32-21-6-4-18(5-7-21)27-26(24-17-40(14-15-41(24)39-27)31(44)20-2-1-3-22(33)16-20)23-8-9-25-36-29(28(34)42(25)38-23)37-30(43)19-10-12-35-13-11-19/h1-13,16H,14-15,17H2,(H,37,43). The van der Waals surface area contributed by atoms with E-state index >= 15 is 4.39 Å². The van der Waals surface area contributed by atoms with Crippen molar-refractivity contribution in [2.75, 3.05) is 11.9 Å². The van der Waals surface area contributed by atoms with Gasteiger partial charge in [0.15, 0.2) is 11.5 Å². The van der Waals surface area contributed by atoms with Crippen molar-refractivity contribution in [2.45, 2.75) is 13.1 Å². The summed E-state index contributed by atoms with van der Waals surface area (Å²) >= 11 is 0. The number of imidazole rings is 1. The van der Waals surface area contributed by atoms with Gasteiger partial charge in [0, 0.05) is 35.6 Å². The van der Waals surface area contributed by atoms with E-state index in [0.29, 0.717) is 41.3 Å². The molecule has 1 N–H and O–H groups in total. The monoisotopic (exact) mass is 594 g/mol. The average Bonchev–Trinajstić information content (AvgIpc) is 3.58. The highest BCUT2D eigenvalue weighted by atomic mass is 19.1. The second kappa shape index (κ2) is 10.8. The molecule has 5 heterocycles. The van der Waals surface area contributed by atoms with Crippen LogP contribution < -0.4 is 5.32 Å². The number of hydrogen-bond donors (Lipinski definition) is 1. The molecule has 218 valence electrons. The molecule has 13 heteroatoms. The third-order valence-corrected chi connectivity index (χ3v) is 7.31. The number of halogens is 3. The molecule has 4 aromatic heterocycles. The topological polar surface area (TPSA) is 110 Å². The fraction of sp³-hybridized carbons (Fsp3) is 0.0968. The van der Waals surface area contributed by atoms with Crippen molar-refractivity contribution < 1.29 is 22.8 Å². The molecule has 2 amide bonds. The first-order chi connectivity index (χ1) is 21.4. The zero-order valence-corrected chi connectivity index (χ0v) is 22.8. The van der Waals surface area contributed by atoms with Crippen LogP contribution >= 0.6 is 0 Å². The summed E-state index contributed by atoms with van der Waals surface area (Å²) in [5.74, 6) is -3.07. The maximum atomic E-state index is 15.6. The number of hydrogen-bond acceptors (Lipinski definition) is 6. The molecule has 0 saturated carbocycles. The van der Waals surface area contributed by atoms with Crippen LogP contribution in [0.2, 0.25) is 0 Å². The van der Waals surface area contributed by atoms with E-state index in [1.54, 1.807) is 39.9 Å². The smallest absolute Gasteiger partial charge is 0.259 e. The van der Waals surface area contributed by atoms with Gasteiger partial charge in [-0.3, -0.25) is 19.3 Å². The maximum Gasteiger partial charge on any atom is 0.259 e. The van der Waals surface area contributed by atoms with Gasteiger partial charge in [-0.1, -0.05) is 6.07 Å². The van der Waals surface area contributed by atoms with Gasteiger partial charge in [0.2, 0.25) is 0 Å². The number of fused-ring (bicyclic) bond motifs is 2. The molecule has 7 rings (SSSR count). The second-order valence-electron chi connectivity index (χ2n) is 10.1. The number of nitrogens with one attached hydrogen (secondary N) is 1. The minimum Gasteiger partial charge on any atom is -0.331 e. The molecule has 1 aliphatic rings. The zero-order chi connectivity index (χ0) is 30.4. The van der Waals surface area contributed by atoms with Crippen LogP contribution in [0, 0.1) is 17.6 Å². The third kappa shape index (κ3) is 4.83. The normalized spacial score (nSPS) is 12.8. The first-order valence-corrected chi connectivity index (χ1v) is 13.5. The molecule has 0 bridgehead atoms. The van der Waals surface area contributed by atoms with Gasteiger partial charge in [0.05, 0.1) is 30.0 Å². The van der Waals surface area contributed by atoms with Gasteiger partial charge in [0.25, 0.3) is 17.8 Å². The van der Waals surface area contributed by atoms with E-state index in [1.165, 1.54) is 54.9 Å². The fourth-order valence-electron chi connectivity index (χ4n) is 5.18. The SMILES string of the molecule is O=C(Nc1nc2ccc(-c3c(-c4ccc(F)cc4)nn4c3CN(C(=O)c3cccc(F)c3)CC4)nn2c1F)c1ccncc1. The highest BCUT2D eigenvalue weighted by Crippen LogP contribution is 2.36. The van der Waals surface area contributed by atoms with Crippen LogP contribution in [0.3, 0.4) is 0 Å².